The molecule has 1 atom stereocenters. The molecule has 1 aliphatic rings. The standard InChI is InChI=1S/C12H18N2O4/c15-5-3-9-2-1-4-14(7-9)8-11-10(12(16)17)6-13-18-11/h6,9,15H,1-5,7-8H2,(H,16,17). The number of likely N-dealkylation sites (tertiary alicyclic amines) is 1. The molecular weight excluding hydrogens is 236 g/mol. The zero-order valence-electron chi connectivity index (χ0n) is 10.2. The molecule has 100 valence electrons. The normalized spacial score (nSPS) is 21.1. The van der Waals surface area contributed by atoms with E-state index in [-0.39, 0.29) is 12.2 Å². The van der Waals surface area contributed by atoms with Gasteiger partial charge in [0.1, 0.15) is 5.56 Å². The Morgan fingerprint density at radius 1 is 1.61 bits per heavy atom. The van der Waals surface area contributed by atoms with Crippen molar-refractivity contribution in [3.05, 3.63) is 17.5 Å². The summed E-state index contributed by atoms with van der Waals surface area (Å²) in [6, 6.07) is 0. The van der Waals surface area contributed by atoms with Crippen LogP contribution in [-0.2, 0) is 6.54 Å². The van der Waals surface area contributed by atoms with Gasteiger partial charge >= 0.3 is 5.97 Å². The number of aromatic nitrogens is 1. The van der Waals surface area contributed by atoms with Crippen LogP contribution in [0.15, 0.2) is 10.7 Å². The molecule has 6 nitrogen and oxygen atoms in total. The number of piperidine rings is 1. The van der Waals surface area contributed by atoms with Crippen LogP contribution in [0.2, 0.25) is 0 Å². The third-order valence-corrected chi connectivity index (χ3v) is 3.38. The molecule has 1 fully saturated rings. The minimum atomic E-state index is -1.00. The summed E-state index contributed by atoms with van der Waals surface area (Å²) >= 11 is 0. The summed E-state index contributed by atoms with van der Waals surface area (Å²) in [5, 5.41) is 21.5. The highest BCUT2D eigenvalue weighted by Gasteiger charge is 2.23. The van der Waals surface area contributed by atoms with Crippen LogP contribution in [0.25, 0.3) is 0 Å². The van der Waals surface area contributed by atoms with E-state index in [1.54, 1.807) is 0 Å². The molecule has 2 rings (SSSR count). The van der Waals surface area contributed by atoms with E-state index in [0.717, 1.165) is 32.4 Å². The van der Waals surface area contributed by atoms with Gasteiger partial charge in [-0.25, -0.2) is 4.79 Å². The van der Waals surface area contributed by atoms with Crippen LogP contribution in [0.4, 0.5) is 0 Å². The van der Waals surface area contributed by atoms with E-state index in [1.807, 2.05) is 0 Å². The quantitative estimate of drug-likeness (QED) is 0.814. The zero-order valence-corrected chi connectivity index (χ0v) is 10.2. The molecular formula is C12H18N2O4. The fourth-order valence-electron chi connectivity index (χ4n) is 2.47. The van der Waals surface area contributed by atoms with Crippen molar-refractivity contribution in [1.29, 1.82) is 0 Å². The van der Waals surface area contributed by atoms with Crippen molar-refractivity contribution in [2.45, 2.75) is 25.8 Å². The van der Waals surface area contributed by atoms with Gasteiger partial charge in [0.05, 0.1) is 12.7 Å². The Hall–Kier alpha value is -1.40. The van der Waals surface area contributed by atoms with E-state index in [9.17, 15) is 4.79 Å². The van der Waals surface area contributed by atoms with Crippen LogP contribution in [0.5, 0.6) is 0 Å². The SMILES string of the molecule is O=C(O)c1cnoc1CN1CCCC(CCO)C1. The second kappa shape index (κ2) is 5.97. The Kier molecular flexibility index (Phi) is 4.33. The van der Waals surface area contributed by atoms with Crippen molar-refractivity contribution < 1.29 is 19.5 Å². The van der Waals surface area contributed by atoms with Crippen molar-refractivity contribution in [3.8, 4) is 0 Å². The summed E-state index contributed by atoms with van der Waals surface area (Å²) in [5.74, 6) is -0.109. The van der Waals surface area contributed by atoms with Gasteiger partial charge in [0.25, 0.3) is 0 Å². The predicted octanol–water partition coefficient (Wildman–Crippen LogP) is 0.967. The molecule has 1 aliphatic heterocycles. The average Bonchev–Trinajstić information content (AvgIpc) is 2.78. The minimum absolute atomic E-state index is 0.138. The molecule has 2 N–H and O–H groups in total. The molecule has 0 aliphatic carbocycles. The van der Waals surface area contributed by atoms with Gasteiger partial charge in [-0.3, -0.25) is 4.90 Å². The predicted molar refractivity (Wildman–Crippen MR) is 63.2 cm³/mol. The average molecular weight is 254 g/mol. The first-order chi connectivity index (χ1) is 8.70. The monoisotopic (exact) mass is 254 g/mol. The number of hydrogen-bond donors (Lipinski definition) is 2. The lowest BCUT2D eigenvalue weighted by molar-refractivity contribution is 0.0690. The number of carboxylic acid groups (broad SMARTS) is 1. The largest absolute Gasteiger partial charge is 0.478 e. The summed E-state index contributed by atoms with van der Waals surface area (Å²) in [7, 11) is 0. The number of carboxylic acids is 1. The molecule has 1 aromatic heterocycles. The first-order valence-electron chi connectivity index (χ1n) is 6.20. The molecule has 18 heavy (non-hydrogen) atoms. The molecule has 1 saturated heterocycles. The molecule has 2 heterocycles. The van der Waals surface area contributed by atoms with Crippen LogP contribution in [0.3, 0.4) is 0 Å². The molecule has 0 aromatic carbocycles. The first kappa shape index (κ1) is 13.0. The fraction of sp³-hybridized carbons (Fsp3) is 0.667. The van der Waals surface area contributed by atoms with Gasteiger partial charge in [-0.15, -0.1) is 0 Å². The van der Waals surface area contributed by atoms with E-state index in [1.165, 1.54) is 6.20 Å². The minimum Gasteiger partial charge on any atom is -0.478 e. The number of aromatic carboxylic acids is 1. The molecule has 0 bridgehead atoms. The number of aliphatic hydroxyl groups is 1. The molecule has 0 amide bonds. The van der Waals surface area contributed by atoms with Crippen LogP contribution in [0, 0.1) is 5.92 Å². The van der Waals surface area contributed by atoms with E-state index in [0.29, 0.717) is 18.2 Å². The summed E-state index contributed by atoms with van der Waals surface area (Å²) in [4.78, 5) is 13.1. The van der Waals surface area contributed by atoms with E-state index in [2.05, 4.69) is 10.1 Å². The van der Waals surface area contributed by atoms with Crippen LogP contribution in [0.1, 0.15) is 35.4 Å². The number of carbonyl (C=O) groups is 1. The second-order valence-electron chi connectivity index (χ2n) is 4.72. The Morgan fingerprint density at radius 3 is 3.17 bits per heavy atom. The fourth-order valence-corrected chi connectivity index (χ4v) is 2.47. The third kappa shape index (κ3) is 3.08. The number of aliphatic hydroxyl groups excluding tert-OH is 1. The van der Waals surface area contributed by atoms with Crippen LogP contribution < -0.4 is 0 Å². The third-order valence-electron chi connectivity index (χ3n) is 3.38. The maximum Gasteiger partial charge on any atom is 0.341 e. The van der Waals surface area contributed by atoms with Crippen molar-refractivity contribution in [2.24, 2.45) is 5.92 Å². The second-order valence-corrected chi connectivity index (χ2v) is 4.72. The molecule has 0 saturated carbocycles. The van der Waals surface area contributed by atoms with Crippen molar-refractivity contribution in [1.82, 2.24) is 10.1 Å². The number of rotatable bonds is 5. The highest BCUT2D eigenvalue weighted by molar-refractivity contribution is 5.88. The smallest absolute Gasteiger partial charge is 0.341 e. The number of nitrogens with zero attached hydrogens (tertiary/aromatic N) is 2. The Labute approximate surface area is 105 Å². The van der Waals surface area contributed by atoms with Gasteiger partial charge < -0.3 is 14.7 Å². The lowest BCUT2D eigenvalue weighted by Gasteiger charge is -2.31. The summed E-state index contributed by atoms with van der Waals surface area (Å²) < 4.78 is 5.00. The highest BCUT2D eigenvalue weighted by atomic mass is 16.5. The molecule has 6 heteroatoms. The molecule has 1 aromatic rings. The Morgan fingerprint density at radius 2 is 2.44 bits per heavy atom. The maximum atomic E-state index is 10.9. The molecule has 1 unspecified atom stereocenters. The van der Waals surface area contributed by atoms with E-state index < -0.39 is 5.97 Å². The number of hydrogen-bond acceptors (Lipinski definition) is 5. The Bertz CT molecular complexity index is 403. The lowest BCUT2D eigenvalue weighted by atomic mass is 9.95. The Balaban J connectivity index is 1.96. The summed E-state index contributed by atoms with van der Waals surface area (Å²) in [6.07, 6.45) is 4.24. The topological polar surface area (TPSA) is 86.8 Å². The van der Waals surface area contributed by atoms with Gasteiger partial charge in [-0.2, -0.15) is 0 Å². The molecule has 0 radical (unpaired) electrons. The zero-order chi connectivity index (χ0) is 13.0. The highest BCUT2D eigenvalue weighted by Crippen LogP contribution is 2.21. The van der Waals surface area contributed by atoms with Gasteiger partial charge in [0.15, 0.2) is 5.76 Å². The summed E-state index contributed by atoms with van der Waals surface area (Å²) in [6.45, 7) is 2.49. The van der Waals surface area contributed by atoms with E-state index >= 15 is 0 Å². The first-order valence-corrected chi connectivity index (χ1v) is 6.20. The van der Waals surface area contributed by atoms with Crippen LogP contribution >= 0.6 is 0 Å². The summed E-state index contributed by atoms with van der Waals surface area (Å²) in [5.41, 5.74) is 0.138. The molecule has 0 spiro atoms. The maximum absolute atomic E-state index is 10.9. The van der Waals surface area contributed by atoms with Gasteiger partial charge in [-0.1, -0.05) is 5.16 Å². The van der Waals surface area contributed by atoms with Gasteiger partial charge in [-0.05, 0) is 31.7 Å². The van der Waals surface area contributed by atoms with Crippen molar-refractivity contribution in [3.63, 3.8) is 0 Å². The van der Waals surface area contributed by atoms with Crippen molar-refractivity contribution >= 4 is 5.97 Å². The van der Waals surface area contributed by atoms with Crippen molar-refractivity contribution in [2.75, 3.05) is 19.7 Å². The van der Waals surface area contributed by atoms with Gasteiger partial charge in [0.2, 0.25) is 0 Å². The van der Waals surface area contributed by atoms with Crippen LogP contribution in [-0.4, -0.2) is 45.9 Å². The van der Waals surface area contributed by atoms with E-state index in [4.69, 9.17) is 14.7 Å². The lowest BCUT2D eigenvalue weighted by Crippen LogP contribution is -2.35. The van der Waals surface area contributed by atoms with Gasteiger partial charge in [0, 0.05) is 13.2 Å².